The van der Waals surface area contributed by atoms with Gasteiger partial charge in [-0.05, 0) is 35.9 Å². The van der Waals surface area contributed by atoms with Crippen LogP contribution in [-0.4, -0.2) is 31.3 Å². The molecule has 0 aliphatic heterocycles. The highest BCUT2D eigenvalue weighted by atomic mass is 16.5. The number of aryl methyl sites for hydroxylation is 2. The maximum Gasteiger partial charge on any atom is 0.357 e. The van der Waals surface area contributed by atoms with Crippen LogP contribution in [0.25, 0.3) is 11.8 Å². The number of hydrogen-bond acceptors (Lipinski definition) is 7. The Kier molecular flexibility index (Phi) is 4.46. The van der Waals surface area contributed by atoms with Gasteiger partial charge in [0.05, 0.1) is 5.69 Å². The number of nitrogens with zero attached hydrogens (tertiary/aromatic N) is 5. The molecule has 0 atom stereocenters. The highest BCUT2D eigenvalue weighted by Crippen LogP contribution is 2.15. The van der Waals surface area contributed by atoms with Gasteiger partial charge in [0.15, 0.2) is 23.9 Å². The quantitative estimate of drug-likeness (QED) is 0.523. The molecule has 0 saturated heterocycles. The van der Waals surface area contributed by atoms with Crippen LogP contribution in [0, 0.1) is 13.8 Å². The summed E-state index contributed by atoms with van der Waals surface area (Å²) >= 11 is 0. The van der Waals surface area contributed by atoms with Crippen molar-refractivity contribution in [2.75, 3.05) is 0 Å². The third-order valence-corrected chi connectivity index (χ3v) is 3.19. The summed E-state index contributed by atoms with van der Waals surface area (Å²) in [4.78, 5) is 12.5. The largest absolute Gasteiger partial charge is 0.453 e. The number of esters is 1. The predicted octanol–water partition coefficient (Wildman–Crippen LogP) is 2.02. The summed E-state index contributed by atoms with van der Waals surface area (Å²) in [6, 6.07) is 11.1. The Bertz CT molecular complexity index is 867. The molecule has 0 fully saturated rings. The number of hydrogen-bond donors (Lipinski definition) is 0. The Morgan fingerprint density at radius 2 is 2.08 bits per heavy atom. The van der Waals surface area contributed by atoms with Crippen molar-refractivity contribution in [1.29, 1.82) is 0 Å². The lowest BCUT2D eigenvalue weighted by atomic mass is 10.2. The summed E-state index contributed by atoms with van der Waals surface area (Å²) in [5.74, 6) is 0.376. The summed E-state index contributed by atoms with van der Waals surface area (Å²) < 4.78 is 11.7. The molecule has 3 rings (SSSR count). The van der Waals surface area contributed by atoms with E-state index in [4.69, 9.17) is 9.26 Å². The van der Waals surface area contributed by atoms with E-state index in [1.807, 2.05) is 30.3 Å². The summed E-state index contributed by atoms with van der Waals surface area (Å²) in [5, 5.41) is 15.0. The van der Waals surface area contributed by atoms with E-state index in [2.05, 4.69) is 20.7 Å². The molecule has 0 unspecified atom stereocenters. The minimum absolute atomic E-state index is 0.0209. The molecule has 0 spiro atoms. The average molecular weight is 325 g/mol. The van der Waals surface area contributed by atoms with E-state index in [1.54, 1.807) is 26.0 Å². The lowest BCUT2D eigenvalue weighted by Crippen LogP contribution is -2.15. The lowest BCUT2D eigenvalue weighted by molar-refractivity contribution is -0.138. The maximum absolute atomic E-state index is 12.5. The molecule has 122 valence electrons. The minimum atomic E-state index is -0.566. The van der Waals surface area contributed by atoms with E-state index >= 15 is 0 Å². The van der Waals surface area contributed by atoms with Crippen molar-refractivity contribution in [1.82, 2.24) is 25.4 Å². The number of aromatic nitrogens is 5. The highest BCUT2D eigenvalue weighted by Gasteiger charge is 2.18. The Hall–Kier alpha value is -3.29. The van der Waals surface area contributed by atoms with Crippen LogP contribution in [0.5, 0.6) is 0 Å². The zero-order valence-corrected chi connectivity index (χ0v) is 13.2. The van der Waals surface area contributed by atoms with Gasteiger partial charge in [0.1, 0.15) is 0 Å². The Labute approximate surface area is 137 Å². The van der Waals surface area contributed by atoms with Gasteiger partial charge in [0, 0.05) is 6.07 Å². The fourth-order valence-electron chi connectivity index (χ4n) is 2.06. The third kappa shape index (κ3) is 3.54. The van der Waals surface area contributed by atoms with Crippen molar-refractivity contribution in [3.8, 4) is 0 Å². The number of carbonyl (C=O) groups excluding carboxylic acids is 1. The van der Waals surface area contributed by atoms with Crippen molar-refractivity contribution >= 4 is 17.7 Å². The molecule has 0 radical (unpaired) electrons. The first kappa shape index (κ1) is 15.6. The predicted molar refractivity (Wildman–Crippen MR) is 84.2 cm³/mol. The van der Waals surface area contributed by atoms with Crippen LogP contribution in [-0.2, 0) is 16.1 Å². The molecule has 24 heavy (non-hydrogen) atoms. The molecule has 0 amide bonds. The van der Waals surface area contributed by atoms with Gasteiger partial charge in [-0.3, -0.25) is 0 Å². The van der Waals surface area contributed by atoms with Gasteiger partial charge in [-0.15, -0.1) is 5.10 Å². The number of carbonyl (C=O) groups is 1. The van der Waals surface area contributed by atoms with Crippen molar-refractivity contribution in [2.45, 2.75) is 20.5 Å². The van der Waals surface area contributed by atoms with Crippen LogP contribution >= 0.6 is 0 Å². The van der Waals surface area contributed by atoms with Crippen LogP contribution in [0.3, 0.4) is 0 Å². The summed E-state index contributed by atoms with van der Waals surface area (Å²) in [6.07, 6.45) is 1.66. The van der Waals surface area contributed by atoms with E-state index in [9.17, 15) is 4.79 Å². The van der Waals surface area contributed by atoms with Crippen LogP contribution < -0.4 is 0 Å². The molecule has 3 aromatic rings. The molecule has 0 aliphatic carbocycles. The molecule has 0 bridgehead atoms. The van der Waals surface area contributed by atoms with E-state index in [1.165, 1.54) is 4.68 Å². The second-order valence-corrected chi connectivity index (χ2v) is 5.09. The normalized spacial score (nSPS) is 11.5. The Morgan fingerprint density at radius 3 is 2.71 bits per heavy atom. The maximum atomic E-state index is 12.5. The minimum Gasteiger partial charge on any atom is -0.453 e. The summed E-state index contributed by atoms with van der Waals surface area (Å²) in [6.45, 7) is 3.47. The smallest absolute Gasteiger partial charge is 0.357 e. The Balaban J connectivity index is 1.85. The van der Waals surface area contributed by atoms with Crippen LogP contribution in [0.1, 0.15) is 22.8 Å². The molecule has 2 aromatic heterocycles. The topological polar surface area (TPSA) is 95.9 Å². The molecule has 2 heterocycles. The number of tetrazole rings is 1. The SMILES string of the molecule is Cc1cc(COC(=O)/C(=C/c2ccccc2)n2nnnc2C)on1. The number of benzene rings is 1. The zero-order valence-electron chi connectivity index (χ0n) is 13.2. The van der Waals surface area contributed by atoms with Crippen molar-refractivity contribution in [2.24, 2.45) is 0 Å². The van der Waals surface area contributed by atoms with Crippen LogP contribution in [0.4, 0.5) is 0 Å². The first-order chi connectivity index (χ1) is 11.6. The molecule has 1 aromatic carbocycles. The van der Waals surface area contributed by atoms with Crippen molar-refractivity contribution in [3.05, 3.63) is 59.2 Å². The molecular weight excluding hydrogens is 310 g/mol. The van der Waals surface area contributed by atoms with Gasteiger partial charge in [0.2, 0.25) is 0 Å². The monoisotopic (exact) mass is 325 g/mol. The third-order valence-electron chi connectivity index (χ3n) is 3.19. The van der Waals surface area contributed by atoms with Crippen molar-refractivity contribution < 1.29 is 14.1 Å². The highest BCUT2D eigenvalue weighted by molar-refractivity contribution is 6.15. The van der Waals surface area contributed by atoms with E-state index in [0.29, 0.717) is 11.6 Å². The number of rotatable bonds is 5. The van der Waals surface area contributed by atoms with Gasteiger partial charge >= 0.3 is 5.97 Å². The lowest BCUT2D eigenvalue weighted by Gasteiger charge is -2.08. The zero-order chi connectivity index (χ0) is 16.9. The van der Waals surface area contributed by atoms with Gasteiger partial charge in [0.25, 0.3) is 0 Å². The standard InChI is InChI=1S/C16H15N5O3/c1-11-8-14(24-18-11)10-23-16(22)15(21-12(2)17-19-20-21)9-13-6-4-3-5-7-13/h3-9H,10H2,1-2H3/b15-9-. The van der Waals surface area contributed by atoms with Crippen LogP contribution in [0.2, 0.25) is 0 Å². The molecule has 0 N–H and O–H groups in total. The second-order valence-electron chi connectivity index (χ2n) is 5.09. The molecule has 0 aliphatic rings. The number of ether oxygens (including phenoxy) is 1. The second kappa shape index (κ2) is 6.86. The molecule has 0 saturated carbocycles. The average Bonchev–Trinajstić information content (AvgIpc) is 3.19. The first-order valence-corrected chi connectivity index (χ1v) is 7.25. The van der Waals surface area contributed by atoms with Crippen LogP contribution in [0.15, 0.2) is 40.9 Å². The fraction of sp³-hybridized carbons (Fsp3) is 0.188. The van der Waals surface area contributed by atoms with E-state index < -0.39 is 5.97 Å². The molecule has 8 nitrogen and oxygen atoms in total. The summed E-state index contributed by atoms with van der Waals surface area (Å²) in [5.41, 5.74) is 1.76. The van der Waals surface area contributed by atoms with Gasteiger partial charge in [-0.1, -0.05) is 35.5 Å². The van der Waals surface area contributed by atoms with E-state index in [0.717, 1.165) is 11.3 Å². The molecular formula is C16H15N5O3. The Morgan fingerprint density at radius 1 is 1.29 bits per heavy atom. The van der Waals surface area contributed by atoms with E-state index in [-0.39, 0.29) is 12.3 Å². The first-order valence-electron chi connectivity index (χ1n) is 7.25. The van der Waals surface area contributed by atoms with Gasteiger partial charge < -0.3 is 9.26 Å². The van der Waals surface area contributed by atoms with Gasteiger partial charge in [-0.25, -0.2) is 4.79 Å². The van der Waals surface area contributed by atoms with Crippen molar-refractivity contribution in [3.63, 3.8) is 0 Å². The van der Waals surface area contributed by atoms with Gasteiger partial charge in [-0.2, -0.15) is 4.68 Å². The summed E-state index contributed by atoms with van der Waals surface area (Å²) in [7, 11) is 0. The molecule has 8 heteroatoms. The fourth-order valence-corrected chi connectivity index (χ4v) is 2.06.